The van der Waals surface area contributed by atoms with Gasteiger partial charge in [-0.2, -0.15) is 0 Å². The van der Waals surface area contributed by atoms with Crippen molar-refractivity contribution in [3.8, 4) is 0 Å². The Morgan fingerprint density at radius 1 is 1.18 bits per heavy atom. The number of hydrogen-bond donors (Lipinski definition) is 2. The first-order valence-electron chi connectivity index (χ1n) is 4.43. The fourth-order valence-corrected chi connectivity index (χ4v) is 1.24. The lowest BCUT2D eigenvalue weighted by Crippen LogP contribution is -2.38. The number of nitrogens with one attached hydrogen (secondary N) is 1. The fourth-order valence-electron chi connectivity index (χ4n) is 1.24. The number of aliphatic hydroxyl groups excluding tert-OH is 1. The molecule has 0 fully saturated rings. The fraction of sp³-hybridized carbons (Fsp3) is 1.00. The molecule has 2 nitrogen and oxygen atoms in total. The quantitative estimate of drug-likeness (QED) is 0.635. The Labute approximate surface area is 70.0 Å². The van der Waals surface area contributed by atoms with E-state index in [1.165, 1.54) is 0 Å². The molecule has 0 aromatic rings. The van der Waals surface area contributed by atoms with E-state index >= 15 is 0 Å². The largest absolute Gasteiger partial charge is 0.395 e. The van der Waals surface area contributed by atoms with Crippen LogP contribution >= 0.6 is 0 Å². The van der Waals surface area contributed by atoms with Crippen molar-refractivity contribution in [1.82, 2.24) is 5.32 Å². The minimum Gasteiger partial charge on any atom is -0.395 e. The summed E-state index contributed by atoms with van der Waals surface area (Å²) < 4.78 is 0. The topological polar surface area (TPSA) is 32.3 Å². The summed E-state index contributed by atoms with van der Waals surface area (Å²) in [4.78, 5) is 0. The first kappa shape index (κ1) is 10.9. The smallest absolute Gasteiger partial charge is 0.0584 e. The van der Waals surface area contributed by atoms with E-state index in [0.29, 0.717) is 12.0 Å². The Kier molecular flexibility index (Phi) is 5.51. The molecule has 0 saturated carbocycles. The average molecular weight is 159 g/mol. The van der Waals surface area contributed by atoms with Crippen molar-refractivity contribution in [2.45, 2.75) is 46.2 Å². The van der Waals surface area contributed by atoms with E-state index in [4.69, 9.17) is 5.11 Å². The van der Waals surface area contributed by atoms with Gasteiger partial charge in [0.2, 0.25) is 0 Å². The van der Waals surface area contributed by atoms with Gasteiger partial charge < -0.3 is 10.4 Å². The van der Waals surface area contributed by atoms with Gasteiger partial charge in [-0.25, -0.2) is 0 Å². The Balaban J connectivity index is 3.58. The molecule has 11 heavy (non-hydrogen) atoms. The Morgan fingerprint density at radius 3 is 2.00 bits per heavy atom. The molecule has 0 aliphatic rings. The third-order valence-electron chi connectivity index (χ3n) is 1.55. The van der Waals surface area contributed by atoms with Crippen molar-refractivity contribution in [1.29, 1.82) is 0 Å². The van der Waals surface area contributed by atoms with Crippen LogP contribution in [0.5, 0.6) is 0 Å². The molecule has 0 aromatic heterocycles. The third-order valence-corrected chi connectivity index (χ3v) is 1.55. The average Bonchev–Trinajstić information content (AvgIpc) is 1.84. The van der Waals surface area contributed by atoms with Crippen molar-refractivity contribution >= 4 is 0 Å². The Bertz CT molecular complexity index is 81.6. The van der Waals surface area contributed by atoms with Crippen LogP contribution in [-0.4, -0.2) is 23.8 Å². The van der Waals surface area contributed by atoms with Crippen molar-refractivity contribution in [2.24, 2.45) is 5.92 Å². The molecular formula is C9H21NO. The zero-order valence-electron chi connectivity index (χ0n) is 8.09. The van der Waals surface area contributed by atoms with E-state index in [1.54, 1.807) is 0 Å². The number of aliphatic hydroxyl groups is 1. The predicted octanol–water partition coefficient (Wildman–Crippen LogP) is 1.39. The molecule has 2 heteroatoms. The molecule has 0 saturated heterocycles. The summed E-state index contributed by atoms with van der Waals surface area (Å²) in [6, 6.07) is 0.737. The molecule has 0 heterocycles. The van der Waals surface area contributed by atoms with Gasteiger partial charge in [0.1, 0.15) is 0 Å². The summed E-state index contributed by atoms with van der Waals surface area (Å²) in [5.41, 5.74) is 0. The predicted molar refractivity (Wildman–Crippen MR) is 48.6 cm³/mol. The van der Waals surface area contributed by atoms with E-state index in [2.05, 4.69) is 33.0 Å². The van der Waals surface area contributed by atoms with E-state index in [9.17, 15) is 0 Å². The molecule has 1 unspecified atom stereocenters. The van der Waals surface area contributed by atoms with Gasteiger partial charge in [0.15, 0.2) is 0 Å². The molecule has 0 aliphatic heterocycles. The highest BCUT2D eigenvalue weighted by atomic mass is 16.3. The lowest BCUT2D eigenvalue weighted by atomic mass is 10.0. The molecule has 1 atom stereocenters. The Hall–Kier alpha value is -0.0800. The van der Waals surface area contributed by atoms with Gasteiger partial charge >= 0.3 is 0 Å². The van der Waals surface area contributed by atoms with Gasteiger partial charge in [-0.15, -0.1) is 0 Å². The van der Waals surface area contributed by atoms with E-state index in [1.807, 2.05) is 0 Å². The molecule has 2 N–H and O–H groups in total. The highest BCUT2D eigenvalue weighted by molar-refractivity contribution is 4.69. The molecule has 0 bridgehead atoms. The van der Waals surface area contributed by atoms with Crippen LogP contribution < -0.4 is 5.32 Å². The van der Waals surface area contributed by atoms with Gasteiger partial charge in [-0.1, -0.05) is 27.7 Å². The highest BCUT2D eigenvalue weighted by Gasteiger charge is 2.09. The van der Waals surface area contributed by atoms with Gasteiger partial charge in [-0.05, 0) is 12.3 Å². The van der Waals surface area contributed by atoms with Crippen molar-refractivity contribution in [2.75, 3.05) is 6.61 Å². The van der Waals surface area contributed by atoms with E-state index in [0.717, 1.165) is 6.42 Å². The zero-order valence-corrected chi connectivity index (χ0v) is 8.09. The van der Waals surface area contributed by atoms with Crippen LogP contribution in [-0.2, 0) is 0 Å². The molecule has 0 spiro atoms. The first-order chi connectivity index (χ1) is 5.06. The molecule has 0 aliphatic carbocycles. The minimum absolute atomic E-state index is 0.246. The second kappa shape index (κ2) is 5.56. The van der Waals surface area contributed by atoms with Gasteiger partial charge in [0.25, 0.3) is 0 Å². The van der Waals surface area contributed by atoms with Crippen LogP contribution in [0.4, 0.5) is 0 Å². The standard InChI is InChI=1S/C9H21NO/c1-7(2)5-9(6-11)10-8(3)4/h7-11H,5-6H2,1-4H3. The van der Waals surface area contributed by atoms with Crippen LogP contribution in [0.15, 0.2) is 0 Å². The minimum atomic E-state index is 0.246. The first-order valence-corrected chi connectivity index (χ1v) is 4.43. The maximum absolute atomic E-state index is 8.96. The van der Waals surface area contributed by atoms with E-state index in [-0.39, 0.29) is 12.6 Å². The summed E-state index contributed by atoms with van der Waals surface area (Å²) >= 11 is 0. The van der Waals surface area contributed by atoms with E-state index < -0.39 is 0 Å². The number of rotatable bonds is 5. The van der Waals surface area contributed by atoms with Crippen LogP contribution in [0.1, 0.15) is 34.1 Å². The molecule has 68 valence electrons. The van der Waals surface area contributed by atoms with Gasteiger partial charge in [0.05, 0.1) is 6.61 Å². The van der Waals surface area contributed by atoms with Crippen LogP contribution in [0, 0.1) is 5.92 Å². The zero-order chi connectivity index (χ0) is 8.85. The molecular weight excluding hydrogens is 138 g/mol. The van der Waals surface area contributed by atoms with Gasteiger partial charge in [0, 0.05) is 12.1 Å². The molecule has 0 radical (unpaired) electrons. The monoisotopic (exact) mass is 159 g/mol. The lowest BCUT2D eigenvalue weighted by Gasteiger charge is -2.20. The van der Waals surface area contributed by atoms with Crippen molar-refractivity contribution in [3.05, 3.63) is 0 Å². The summed E-state index contributed by atoms with van der Waals surface area (Å²) in [5, 5.41) is 12.3. The second-order valence-electron chi connectivity index (χ2n) is 3.83. The highest BCUT2D eigenvalue weighted by Crippen LogP contribution is 2.04. The van der Waals surface area contributed by atoms with Crippen LogP contribution in [0.2, 0.25) is 0 Å². The summed E-state index contributed by atoms with van der Waals surface area (Å²) in [7, 11) is 0. The van der Waals surface area contributed by atoms with Crippen molar-refractivity contribution < 1.29 is 5.11 Å². The molecule has 0 amide bonds. The second-order valence-corrected chi connectivity index (χ2v) is 3.83. The van der Waals surface area contributed by atoms with Crippen molar-refractivity contribution in [3.63, 3.8) is 0 Å². The molecule has 0 aromatic carbocycles. The summed E-state index contributed by atoms with van der Waals surface area (Å²) in [6.45, 7) is 8.79. The van der Waals surface area contributed by atoms with Crippen LogP contribution in [0.3, 0.4) is 0 Å². The lowest BCUT2D eigenvalue weighted by molar-refractivity contribution is 0.217. The summed E-state index contributed by atoms with van der Waals surface area (Å²) in [5.74, 6) is 0.651. The SMILES string of the molecule is CC(C)CC(CO)NC(C)C. The maximum Gasteiger partial charge on any atom is 0.0584 e. The Morgan fingerprint density at radius 2 is 1.73 bits per heavy atom. The third kappa shape index (κ3) is 6.32. The normalized spacial score (nSPS) is 14.5. The van der Waals surface area contributed by atoms with Gasteiger partial charge in [-0.3, -0.25) is 0 Å². The van der Waals surface area contributed by atoms with Crippen LogP contribution in [0.25, 0.3) is 0 Å². The summed E-state index contributed by atoms with van der Waals surface area (Å²) in [6.07, 6.45) is 1.05. The maximum atomic E-state index is 8.96. The molecule has 0 rings (SSSR count). The number of hydrogen-bond acceptors (Lipinski definition) is 2.